The molecule has 17 aromatic carbocycles. The van der Waals surface area contributed by atoms with Gasteiger partial charge in [0.25, 0.3) is 0 Å². The number of para-hydroxylation sites is 3. The minimum atomic E-state index is -0.583. The van der Waals surface area contributed by atoms with Gasteiger partial charge in [-0.2, -0.15) is 0 Å². The van der Waals surface area contributed by atoms with Gasteiger partial charge < -0.3 is 14.8 Å². The first kappa shape index (κ1) is 62.7. The molecule has 2 heterocycles. The van der Waals surface area contributed by atoms with Gasteiger partial charge in [0.1, 0.15) is 0 Å². The second-order valence-electron chi connectivity index (χ2n) is 28.9. The van der Waals surface area contributed by atoms with Crippen LogP contribution in [0.15, 0.2) is 425 Å². The smallest absolute Gasteiger partial charge is 0.0755 e. The van der Waals surface area contributed by atoms with E-state index in [2.05, 4.69) is 439 Å². The summed E-state index contributed by atoms with van der Waals surface area (Å²) in [5.41, 5.74) is 35.7. The van der Waals surface area contributed by atoms with Gasteiger partial charge in [0.15, 0.2) is 0 Å². The van der Waals surface area contributed by atoms with Gasteiger partial charge in [-0.3, -0.25) is 0 Å². The molecule has 1 atom stereocenters. The summed E-state index contributed by atoms with van der Waals surface area (Å²) in [7, 11) is 0. The fraction of sp³-hybridized carbons (Fsp3) is 0.0286. The molecule has 4 aliphatic rings. The molecular weight excluding hydrogens is 1300 g/mol. The van der Waals surface area contributed by atoms with Gasteiger partial charge in [-0.25, -0.2) is 0 Å². The van der Waals surface area contributed by atoms with E-state index in [4.69, 9.17) is 0 Å². The molecule has 1 spiro atoms. The van der Waals surface area contributed by atoms with Crippen molar-refractivity contribution in [2.24, 2.45) is 0 Å². The van der Waals surface area contributed by atoms with Crippen LogP contribution in [0.1, 0.15) is 66.8 Å². The van der Waals surface area contributed by atoms with Crippen LogP contribution in [0.25, 0.3) is 83.1 Å². The summed E-state index contributed by atoms with van der Waals surface area (Å²) < 4.78 is 2.53. The molecule has 506 valence electrons. The Labute approximate surface area is 629 Å². The molecular formula is C105H71N3. The normalized spacial score (nSPS) is 14.5. The second-order valence-corrected chi connectivity index (χ2v) is 28.9. The Morgan fingerprint density at radius 2 is 0.620 bits per heavy atom. The molecule has 1 unspecified atom stereocenters. The number of fused-ring (bicyclic) bond motifs is 18. The summed E-state index contributed by atoms with van der Waals surface area (Å²) in [6, 6.07) is 157. The highest BCUT2D eigenvalue weighted by Gasteiger charge is 2.53. The predicted molar refractivity (Wildman–Crippen MR) is 448 cm³/mol. The van der Waals surface area contributed by atoms with Crippen molar-refractivity contribution in [3.8, 4) is 61.3 Å². The van der Waals surface area contributed by atoms with E-state index < -0.39 is 10.8 Å². The first-order chi connectivity index (χ1) is 53.6. The average Bonchev–Trinajstić information content (AvgIpc) is 1.50. The predicted octanol–water partition coefficient (Wildman–Crippen LogP) is 26.4. The molecule has 1 aromatic heterocycles. The summed E-state index contributed by atoms with van der Waals surface area (Å²) in [6.45, 7) is 0. The molecule has 3 nitrogen and oxygen atoms in total. The van der Waals surface area contributed by atoms with E-state index in [0.29, 0.717) is 0 Å². The summed E-state index contributed by atoms with van der Waals surface area (Å²) >= 11 is 0. The van der Waals surface area contributed by atoms with Crippen LogP contribution < -0.4 is 10.2 Å². The molecule has 108 heavy (non-hydrogen) atoms. The van der Waals surface area contributed by atoms with Crippen LogP contribution in [0.2, 0.25) is 0 Å². The average molecular weight is 1370 g/mol. The van der Waals surface area contributed by atoms with Crippen molar-refractivity contribution in [2.75, 3.05) is 10.2 Å². The first-order valence-corrected chi connectivity index (χ1v) is 37.5. The van der Waals surface area contributed by atoms with Gasteiger partial charge in [0.2, 0.25) is 0 Å². The SMILES string of the molecule is c1ccc(-c2ccc(N(c3ccc4c(c3)C(c3ccccc3)(c3ccccc3)c3ccccc3-4)c3cccc4c3-c3ccccc3C43c4ccccc4-n4c5ccccc5c5cccc3c54)cc2)cc1.c1ccc(-c2ccc(Nc3ccc4c(c3)C(c3ccccc3)(c3ccccc3)c3ccccc3-4)cc2)cc1. The molecule has 0 bridgehead atoms. The van der Waals surface area contributed by atoms with Gasteiger partial charge in [-0.1, -0.05) is 358 Å². The lowest BCUT2D eigenvalue weighted by molar-refractivity contribution is 0.748. The number of hydrogen-bond acceptors (Lipinski definition) is 2. The molecule has 0 saturated heterocycles. The van der Waals surface area contributed by atoms with Crippen LogP contribution in [0.3, 0.4) is 0 Å². The maximum atomic E-state index is 3.68. The minimum absolute atomic E-state index is 0.386. The molecule has 18 aromatic rings. The van der Waals surface area contributed by atoms with Crippen molar-refractivity contribution >= 4 is 50.2 Å². The van der Waals surface area contributed by atoms with Crippen molar-refractivity contribution in [1.82, 2.24) is 4.57 Å². The fourth-order valence-electron chi connectivity index (χ4n) is 19.3. The van der Waals surface area contributed by atoms with E-state index in [0.717, 1.165) is 28.4 Å². The Balaban J connectivity index is 0.000000165. The number of benzene rings is 17. The van der Waals surface area contributed by atoms with Crippen LogP contribution in [-0.2, 0) is 16.2 Å². The first-order valence-electron chi connectivity index (χ1n) is 37.5. The third-order valence-corrected chi connectivity index (χ3v) is 23.6. The number of anilines is 5. The summed E-state index contributed by atoms with van der Waals surface area (Å²) in [4.78, 5) is 2.54. The Hall–Kier alpha value is -13.9. The minimum Gasteiger partial charge on any atom is -0.356 e. The molecule has 1 N–H and O–H groups in total. The number of rotatable bonds is 11. The zero-order valence-corrected chi connectivity index (χ0v) is 59.3. The third kappa shape index (κ3) is 9.28. The van der Waals surface area contributed by atoms with Gasteiger partial charge in [-0.15, -0.1) is 0 Å². The molecule has 22 rings (SSSR count). The Kier molecular flexibility index (Phi) is 14.6. The zero-order valence-electron chi connectivity index (χ0n) is 59.3. The van der Waals surface area contributed by atoms with Crippen LogP contribution in [0.5, 0.6) is 0 Å². The summed E-state index contributed by atoms with van der Waals surface area (Å²) in [5, 5.41) is 6.24. The van der Waals surface area contributed by atoms with Crippen molar-refractivity contribution in [1.29, 1.82) is 0 Å². The summed E-state index contributed by atoms with van der Waals surface area (Å²) in [5.74, 6) is 0. The molecule has 0 saturated carbocycles. The number of nitrogens with one attached hydrogen (secondary N) is 1. The number of hydrogen-bond donors (Lipinski definition) is 1. The van der Waals surface area contributed by atoms with E-state index >= 15 is 0 Å². The second kappa shape index (κ2) is 25.2. The van der Waals surface area contributed by atoms with Crippen LogP contribution in [0, 0.1) is 0 Å². The molecule has 0 radical (unpaired) electrons. The van der Waals surface area contributed by atoms with Crippen molar-refractivity contribution in [3.05, 3.63) is 491 Å². The maximum Gasteiger partial charge on any atom is 0.0755 e. The van der Waals surface area contributed by atoms with Crippen molar-refractivity contribution < 1.29 is 0 Å². The number of nitrogens with zero attached hydrogens (tertiary/aromatic N) is 2. The van der Waals surface area contributed by atoms with Crippen molar-refractivity contribution in [2.45, 2.75) is 16.2 Å². The summed E-state index contributed by atoms with van der Waals surface area (Å²) in [6.07, 6.45) is 0. The zero-order chi connectivity index (χ0) is 71.3. The highest BCUT2D eigenvalue weighted by atomic mass is 15.1. The molecule has 0 amide bonds. The van der Waals surface area contributed by atoms with Crippen LogP contribution in [-0.4, -0.2) is 4.57 Å². The van der Waals surface area contributed by atoms with Gasteiger partial charge in [-0.05, 0) is 184 Å². The maximum absolute atomic E-state index is 3.68. The fourth-order valence-corrected chi connectivity index (χ4v) is 19.3. The quantitative estimate of drug-likeness (QED) is 0.139. The molecule has 3 aliphatic carbocycles. The Morgan fingerprint density at radius 1 is 0.231 bits per heavy atom. The molecule has 1 aliphatic heterocycles. The molecule has 0 fully saturated rings. The highest BCUT2D eigenvalue weighted by molar-refractivity contribution is 6.13. The largest absolute Gasteiger partial charge is 0.356 e. The van der Waals surface area contributed by atoms with Gasteiger partial charge in [0.05, 0.1) is 38.7 Å². The highest BCUT2D eigenvalue weighted by Crippen LogP contribution is 2.65. The number of aromatic nitrogens is 1. The van der Waals surface area contributed by atoms with E-state index in [1.165, 1.54) is 150 Å². The standard InChI is InChI=1S/C68H44N2.C37H27N/c1-4-20-45(21-5-1)46-38-40-49(41-39-46)69(50-42-43-52-51-26-10-13-30-56(51)67(61(52)44-50,47-22-6-2-7-23-47)48-24-8-3-9-25-48)64-37-19-33-59-65(64)55-28-11-14-31-57(55)68(59)58-32-15-17-36-63(58)70-62-35-16-12-27-53(62)54-29-18-34-60(68)66(54)70;1-4-12-27(13-5-1)28-20-22-31(23-21-28)38-32-24-25-34-33-18-10-11-19-35(33)37(36(34)26-32,29-14-6-2-7-15-29)30-16-8-3-9-17-30/h1-44H;1-26,38H. The monoisotopic (exact) mass is 1370 g/mol. The van der Waals surface area contributed by atoms with Gasteiger partial charge >= 0.3 is 0 Å². The van der Waals surface area contributed by atoms with E-state index in [1.54, 1.807) is 0 Å². The van der Waals surface area contributed by atoms with E-state index in [9.17, 15) is 0 Å². The molecule has 3 heteroatoms. The van der Waals surface area contributed by atoms with E-state index in [-0.39, 0.29) is 5.41 Å². The third-order valence-electron chi connectivity index (χ3n) is 23.6. The Morgan fingerprint density at radius 3 is 1.19 bits per heavy atom. The van der Waals surface area contributed by atoms with E-state index in [1.807, 2.05) is 0 Å². The lowest BCUT2D eigenvalue weighted by atomic mass is 9.65. The lowest BCUT2D eigenvalue weighted by Gasteiger charge is -2.39. The lowest BCUT2D eigenvalue weighted by Crippen LogP contribution is -2.33. The van der Waals surface area contributed by atoms with Crippen LogP contribution in [0.4, 0.5) is 28.4 Å². The van der Waals surface area contributed by atoms with Crippen LogP contribution >= 0.6 is 0 Å². The Bertz CT molecular complexity index is 6410. The van der Waals surface area contributed by atoms with Crippen molar-refractivity contribution in [3.63, 3.8) is 0 Å². The topological polar surface area (TPSA) is 20.2 Å². The van der Waals surface area contributed by atoms with Gasteiger partial charge in [0, 0.05) is 39.1 Å².